The Morgan fingerprint density at radius 3 is 2.71 bits per heavy atom. The van der Waals surface area contributed by atoms with Gasteiger partial charge in [0.25, 0.3) is 0 Å². The molecule has 0 aliphatic carbocycles. The highest BCUT2D eigenvalue weighted by molar-refractivity contribution is 9.10. The average Bonchev–Trinajstić information content (AvgIpc) is 2.65. The van der Waals surface area contributed by atoms with Crippen molar-refractivity contribution in [3.8, 4) is 5.75 Å². The minimum absolute atomic E-state index is 0.197. The predicted octanol–water partition coefficient (Wildman–Crippen LogP) is 6.19. The lowest BCUT2D eigenvalue weighted by Crippen LogP contribution is -2.10. The minimum Gasteiger partial charge on any atom is -0.493 e. The van der Waals surface area contributed by atoms with Gasteiger partial charge in [-0.1, -0.05) is 49.5 Å². The fourth-order valence-corrected chi connectivity index (χ4v) is 3.37. The van der Waals surface area contributed by atoms with Crippen LogP contribution in [0.4, 0.5) is 5.69 Å². The first-order valence-corrected chi connectivity index (χ1v) is 8.74. The lowest BCUT2D eigenvalue weighted by molar-refractivity contribution is 0.316. The van der Waals surface area contributed by atoms with Crippen LogP contribution in [-0.2, 0) is 0 Å². The van der Waals surface area contributed by atoms with E-state index in [0.717, 1.165) is 44.9 Å². The first-order valence-electron chi connectivity index (χ1n) is 6.77. The Kier molecular flexibility index (Phi) is 4.77. The summed E-state index contributed by atoms with van der Waals surface area (Å²) in [5, 5.41) is 4.27. The first kappa shape index (κ1) is 15.2. The van der Waals surface area contributed by atoms with E-state index in [-0.39, 0.29) is 6.04 Å². The van der Waals surface area contributed by atoms with Crippen LogP contribution < -0.4 is 10.1 Å². The van der Waals surface area contributed by atoms with Gasteiger partial charge in [-0.05, 0) is 43.2 Å². The Labute approximate surface area is 146 Å². The van der Waals surface area contributed by atoms with Crippen LogP contribution >= 0.6 is 43.5 Å². The van der Waals surface area contributed by atoms with Crippen molar-refractivity contribution in [2.75, 3.05) is 11.9 Å². The van der Waals surface area contributed by atoms with Gasteiger partial charge < -0.3 is 10.1 Å². The maximum atomic E-state index is 6.29. The Morgan fingerprint density at radius 1 is 1.10 bits per heavy atom. The summed E-state index contributed by atoms with van der Waals surface area (Å²) in [5.74, 6) is 0.936. The molecule has 0 spiro atoms. The molecule has 2 aromatic carbocycles. The van der Waals surface area contributed by atoms with Gasteiger partial charge in [-0.2, -0.15) is 0 Å². The number of ether oxygens (including phenoxy) is 1. The predicted molar refractivity (Wildman–Crippen MR) is 94.4 cm³/mol. The monoisotopic (exact) mass is 429 g/mol. The highest BCUT2D eigenvalue weighted by atomic mass is 79.9. The number of halogens is 3. The molecular weight excluding hydrogens is 417 g/mol. The highest BCUT2D eigenvalue weighted by Gasteiger charge is 2.20. The summed E-state index contributed by atoms with van der Waals surface area (Å²) in [6, 6.07) is 12.2. The van der Waals surface area contributed by atoms with Crippen molar-refractivity contribution in [1.29, 1.82) is 0 Å². The highest BCUT2D eigenvalue weighted by Crippen LogP contribution is 2.37. The second-order valence-corrected chi connectivity index (χ2v) is 7.23. The third-order valence-corrected chi connectivity index (χ3v) is 4.82. The third kappa shape index (κ3) is 3.55. The largest absolute Gasteiger partial charge is 0.493 e. The smallest absolute Gasteiger partial charge is 0.125 e. The summed E-state index contributed by atoms with van der Waals surface area (Å²) in [6.07, 6.45) is 2.02. The summed E-state index contributed by atoms with van der Waals surface area (Å²) in [4.78, 5) is 0. The molecule has 2 aromatic rings. The van der Waals surface area contributed by atoms with E-state index in [1.165, 1.54) is 5.56 Å². The molecular formula is C16H14Br2ClNO. The van der Waals surface area contributed by atoms with Crippen LogP contribution in [0.15, 0.2) is 45.3 Å². The van der Waals surface area contributed by atoms with Gasteiger partial charge in [0.15, 0.2) is 0 Å². The minimum atomic E-state index is 0.197. The van der Waals surface area contributed by atoms with Crippen LogP contribution in [0.25, 0.3) is 0 Å². The average molecular weight is 432 g/mol. The summed E-state index contributed by atoms with van der Waals surface area (Å²) in [5.41, 5.74) is 2.11. The third-order valence-electron chi connectivity index (χ3n) is 3.50. The molecule has 0 saturated carbocycles. The van der Waals surface area contributed by atoms with Crippen LogP contribution in [0.1, 0.15) is 24.4 Å². The van der Waals surface area contributed by atoms with Gasteiger partial charge in [0, 0.05) is 14.5 Å². The van der Waals surface area contributed by atoms with Crippen molar-refractivity contribution in [3.63, 3.8) is 0 Å². The maximum Gasteiger partial charge on any atom is 0.125 e. The molecule has 1 N–H and O–H groups in total. The molecule has 1 aliphatic rings. The molecule has 0 bridgehead atoms. The van der Waals surface area contributed by atoms with Crippen LogP contribution in [0, 0.1) is 0 Å². The number of benzene rings is 2. The van der Waals surface area contributed by atoms with E-state index >= 15 is 0 Å². The van der Waals surface area contributed by atoms with Crippen molar-refractivity contribution >= 4 is 49.1 Å². The standard InChI is InChI=1S/C16H14Br2ClNO/c17-10-4-6-13(19)15(8-10)20-14-2-1-7-21-16-9-11(18)3-5-12(14)16/h3-6,8-9,14,20H,1-2,7H2. The van der Waals surface area contributed by atoms with Crippen LogP contribution in [0.5, 0.6) is 5.75 Å². The summed E-state index contributed by atoms with van der Waals surface area (Å²) in [6.45, 7) is 0.744. The van der Waals surface area contributed by atoms with Crippen molar-refractivity contribution < 1.29 is 4.74 Å². The first-order chi connectivity index (χ1) is 10.1. The number of anilines is 1. The molecule has 0 aromatic heterocycles. The number of hydrogen-bond donors (Lipinski definition) is 1. The second-order valence-electron chi connectivity index (χ2n) is 4.99. The fourth-order valence-electron chi connectivity index (χ4n) is 2.49. The van der Waals surface area contributed by atoms with Crippen LogP contribution in [0.3, 0.4) is 0 Å². The Hall–Kier alpha value is -0.710. The number of nitrogens with one attached hydrogen (secondary N) is 1. The van der Waals surface area contributed by atoms with Gasteiger partial charge in [-0.25, -0.2) is 0 Å². The quantitative estimate of drug-likeness (QED) is 0.612. The molecule has 110 valence electrons. The number of hydrogen-bond acceptors (Lipinski definition) is 2. The maximum absolute atomic E-state index is 6.29. The SMILES string of the molecule is Clc1ccc(Br)cc1NC1CCCOc2cc(Br)ccc21. The molecule has 0 fully saturated rings. The zero-order chi connectivity index (χ0) is 14.8. The number of fused-ring (bicyclic) bond motifs is 1. The van der Waals surface area contributed by atoms with Gasteiger partial charge in [0.1, 0.15) is 5.75 Å². The van der Waals surface area contributed by atoms with E-state index in [1.54, 1.807) is 0 Å². The molecule has 1 aliphatic heterocycles. The van der Waals surface area contributed by atoms with Crippen molar-refractivity contribution in [2.24, 2.45) is 0 Å². The molecule has 1 unspecified atom stereocenters. The molecule has 2 nitrogen and oxygen atoms in total. The topological polar surface area (TPSA) is 21.3 Å². The molecule has 0 saturated heterocycles. The van der Waals surface area contributed by atoms with Gasteiger partial charge in [0.2, 0.25) is 0 Å². The second kappa shape index (κ2) is 6.59. The lowest BCUT2D eigenvalue weighted by atomic mass is 10.0. The Bertz CT molecular complexity index is 663. The molecule has 0 amide bonds. The molecule has 5 heteroatoms. The van der Waals surface area contributed by atoms with Gasteiger partial charge in [0.05, 0.1) is 23.4 Å². The molecule has 21 heavy (non-hydrogen) atoms. The van der Waals surface area contributed by atoms with E-state index in [9.17, 15) is 0 Å². The summed E-state index contributed by atoms with van der Waals surface area (Å²) < 4.78 is 7.88. The van der Waals surface area contributed by atoms with E-state index in [2.05, 4.69) is 43.2 Å². The molecule has 1 heterocycles. The van der Waals surface area contributed by atoms with Crippen molar-refractivity contribution in [3.05, 3.63) is 55.9 Å². The van der Waals surface area contributed by atoms with E-state index in [1.807, 2.05) is 30.3 Å². The van der Waals surface area contributed by atoms with E-state index in [4.69, 9.17) is 16.3 Å². The summed E-state index contributed by atoms with van der Waals surface area (Å²) in [7, 11) is 0. The molecule has 3 rings (SSSR count). The lowest BCUT2D eigenvalue weighted by Gasteiger charge is -2.20. The van der Waals surface area contributed by atoms with Crippen LogP contribution in [-0.4, -0.2) is 6.61 Å². The van der Waals surface area contributed by atoms with Gasteiger partial charge in [-0.3, -0.25) is 0 Å². The fraction of sp³-hybridized carbons (Fsp3) is 0.250. The van der Waals surface area contributed by atoms with Gasteiger partial charge >= 0.3 is 0 Å². The van der Waals surface area contributed by atoms with E-state index in [0.29, 0.717) is 0 Å². The van der Waals surface area contributed by atoms with Crippen molar-refractivity contribution in [1.82, 2.24) is 0 Å². The molecule has 1 atom stereocenters. The Balaban J connectivity index is 1.94. The molecule has 0 radical (unpaired) electrons. The van der Waals surface area contributed by atoms with E-state index < -0.39 is 0 Å². The normalized spacial score (nSPS) is 17.6. The van der Waals surface area contributed by atoms with Crippen molar-refractivity contribution in [2.45, 2.75) is 18.9 Å². The number of rotatable bonds is 2. The van der Waals surface area contributed by atoms with Crippen LogP contribution in [0.2, 0.25) is 5.02 Å². The zero-order valence-corrected chi connectivity index (χ0v) is 15.1. The summed E-state index contributed by atoms with van der Waals surface area (Å²) >= 11 is 13.3. The zero-order valence-electron chi connectivity index (χ0n) is 11.2. The van der Waals surface area contributed by atoms with Gasteiger partial charge in [-0.15, -0.1) is 0 Å². The Morgan fingerprint density at radius 2 is 1.86 bits per heavy atom.